The molecule has 0 aliphatic carbocycles. The van der Waals surface area contributed by atoms with Gasteiger partial charge in [0, 0.05) is 18.3 Å². The van der Waals surface area contributed by atoms with Gasteiger partial charge in [-0.15, -0.1) is 0 Å². The maximum Gasteiger partial charge on any atom is 0.241 e. The predicted octanol–water partition coefficient (Wildman–Crippen LogP) is 1.81. The monoisotopic (exact) mass is 242 g/mol. The quantitative estimate of drug-likeness (QED) is 0.850. The SMILES string of the molecule is CNc1cccc(S(=O)(=O)NC(C)(C)C)c1. The van der Waals surface area contributed by atoms with E-state index < -0.39 is 15.6 Å². The minimum Gasteiger partial charge on any atom is -0.388 e. The molecule has 0 aromatic heterocycles. The Bertz CT molecular complexity index is 461. The van der Waals surface area contributed by atoms with Crippen LogP contribution in [0.2, 0.25) is 0 Å². The van der Waals surface area contributed by atoms with E-state index in [0.29, 0.717) is 0 Å². The van der Waals surface area contributed by atoms with E-state index in [1.165, 1.54) is 0 Å². The molecule has 0 saturated carbocycles. The van der Waals surface area contributed by atoms with Gasteiger partial charge < -0.3 is 5.32 Å². The number of anilines is 1. The Morgan fingerprint density at radius 2 is 1.81 bits per heavy atom. The van der Waals surface area contributed by atoms with Crippen molar-refractivity contribution in [2.75, 3.05) is 12.4 Å². The zero-order valence-corrected chi connectivity index (χ0v) is 10.9. The van der Waals surface area contributed by atoms with Gasteiger partial charge >= 0.3 is 0 Å². The predicted molar refractivity (Wildman–Crippen MR) is 66.1 cm³/mol. The molecule has 1 rings (SSSR count). The minimum atomic E-state index is -3.44. The smallest absolute Gasteiger partial charge is 0.241 e. The molecule has 5 heteroatoms. The van der Waals surface area contributed by atoms with Gasteiger partial charge in [0.05, 0.1) is 4.90 Å². The van der Waals surface area contributed by atoms with E-state index in [2.05, 4.69) is 10.0 Å². The zero-order chi connectivity index (χ0) is 12.4. The first-order valence-corrected chi connectivity index (χ1v) is 6.55. The van der Waals surface area contributed by atoms with Crippen molar-refractivity contribution in [3.8, 4) is 0 Å². The largest absolute Gasteiger partial charge is 0.388 e. The van der Waals surface area contributed by atoms with Crippen molar-refractivity contribution in [3.63, 3.8) is 0 Å². The van der Waals surface area contributed by atoms with Crippen LogP contribution in [0, 0.1) is 0 Å². The molecule has 0 aliphatic rings. The van der Waals surface area contributed by atoms with Crippen LogP contribution >= 0.6 is 0 Å². The van der Waals surface area contributed by atoms with Crippen molar-refractivity contribution in [1.29, 1.82) is 0 Å². The Balaban J connectivity index is 3.08. The van der Waals surface area contributed by atoms with Crippen LogP contribution < -0.4 is 10.0 Å². The van der Waals surface area contributed by atoms with Gasteiger partial charge in [0.1, 0.15) is 0 Å². The van der Waals surface area contributed by atoms with Crippen LogP contribution in [0.3, 0.4) is 0 Å². The van der Waals surface area contributed by atoms with Gasteiger partial charge in [-0.3, -0.25) is 0 Å². The molecule has 0 spiro atoms. The molecule has 0 bridgehead atoms. The van der Waals surface area contributed by atoms with Crippen LogP contribution in [0.5, 0.6) is 0 Å². The van der Waals surface area contributed by atoms with E-state index in [0.717, 1.165) is 5.69 Å². The van der Waals surface area contributed by atoms with E-state index in [1.54, 1.807) is 25.2 Å². The van der Waals surface area contributed by atoms with Crippen LogP contribution in [-0.2, 0) is 10.0 Å². The first-order chi connectivity index (χ1) is 7.24. The zero-order valence-electron chi connectivity index (χ0n) is 10.0. The number of hydrogen-bond donors (Lipinski definition) is 2. The van der Waals surface area contributed by atoms with Crippen molar-refractivity contribution in [1.82, 2.24) is 4.72 Å². The van der Waals surface area contributed by atoms with Crippen LogP contribution in [0.25, 0.3) is 0 Å². The Morgan fingerprint density at radius 1 is 1.19 bits per heavy atom. The fourth-order valence-corrected chi connectivity index (χ4v) is 2.74. The lowest BCUT2D eigenvalue weighted by Crippen LogP contribution is -2.40. The van der Waals surface area contributed by atoms with Gasteiger partial charge in [0.15, 0.2) is 0 Å². The van der Waals surface area contributed by atoms with E-state index in [4.69, 9.17) is 0 Å². The molecule has 0 atom stereocenters. The van der Waals surface area contributed by atoms with Crippen molar-refractivity contribution in [2.24, 2.45) is 0 Å². The van der Waals surface area contributed by atoms with E-state index in [1.807, 2.05) is 26.8 Å². The first kappa shape index (κ1) is 13.0. The standard InChI is InChI=1S/C11H18N2O2S/c1-11(2,3)13-16(14,15)10-7-5-6-9(8-10)12-4/h5-8,12-13H,1-4H3. The van der Waals surface area contributed by atoms with E-state index in [9.17, 15) is 8.42 Å². The van der Waals surface area contributed by atoms with Crippen LogP contribution in [-0.4, -0.2) is 21.0 Å². The topological polar surface area (TPSA) is 58.2 Å². The molecule has 0 unspecified atom stereocenters. The van der Waals surface area contributed by atoms with Crippen LogP contribution in [0.15, 0.2) is 29.2 Å². The third kappa shape index (κ3) is 3.50. The van der Waals surface area contributed by atoms with Gasteiger partial charge in [0.2, 0.25) is 10.0 Å². The third-order valence-electron chi connectivity index (χ3n) is 1.87. The second-order valence-electron chi connectivity index (χ2n) is 4.63. The molecule has 0 radical (unpaired) electrons. The van der Waals surface area contributed by atoms with Crippen molar-refractivity contribution >= 4 is 15.7 Å². The van der Waals surface area contributed by atoms with Gasteiger partial charge in [0.25, 0.3) is 0 Å². The molecule has 4 nitrogen and oxygen atoms in total. The van der Waals surface area contributed by atoms with Gasteiger partial charge in [-0.05, 0) is 39.0 Å². The molecular weight excluding hydrogens is 224 g/mol. The molecule has 0 amide bonds. The summed E-state index contributed by atoms with van der Waals surface area (Å²) in [6.45, 7) is 5.44. The number of hydrogen-bond acceptors (Lipinski definition) is 3. The maximum absolute atomic E-state index is 12.0. The summed E-state index contributed by atoms with van der Waals surface area (Å²) >= 11 is 0. The fourth-order valence-electron chi connectivity index (χ4n) is 1.28. The molecule has 90 valence electrons. The summed E-state index contributed by atoms with van der Waals surface area (Å²) in [6.07, 6.45) is 0. The van der Waals surface area contributed by atoms with E-state index in [-0.39, 0.29) is 4.90 Å². The summed E-state index contributed by atoms with van der Waals surface area (Å²) in [4.78, 5) is 0.272. The highest BCUT2D eigenvalue weighted by atomic mass is 32.2. The second kappa shape index (κ2) is 4.43. The summed E-state index contributed by atoms with van der Waals surface area (Å²) in [5.74, 6) is 0. The van der Waals surface area contributed by atoms with Gasteiger partial charge in [-0.1, -0.05) is 6.07 Å². The first-order valence-electron chi connectivity index (χ1n) is 5.06. The molecule has 0 saturated heterocycles. The lowest BCUT2D eigenvalue weighted by atomic mass is 10.1. The molecular formula is C11H18N2O2S. The summed E-state index contributed by atoms with van der Waals surface area (Å²) < 4.78 is 26.6. The number of sulfonamides is 1. The lowest BCUT2D eigenvalue weighted by molar-refractivity contribution is 0.491. The summed E-state index contributed by atoms with van der Waals surface area (Å²) in [7, 11) is -1.69. The molecule has 16 heavy (non-hydrogen) atoms. The molecule has 1 aromatic carbocycles. The van der Waals surface area contributed by atoms with E-state index >= 15 is 0 Å². The number of rotatable bonds is 3. The molecule has 0 fully saturated rings. The molecule has 0 aliphatic heterocycles. The number of benzene rings is 1. The van der Waals surface area contributed by atoms with Crippen molar-refractivity contribution in [3.05, 3.63) is 24.3 Å². The average Bonchev–Trinajstić information content (AvgIpc) is 2.14. The summed E-state index contributed by atoms with van der Waals surface area (Å²) in [6, 6.07) is 6.71. The fraction of sp³-hybridized carbons (Fsp3) is 0.455. The number of nitrogens with one attached hydrogen (secondary N) is 2. The Morgan fingerprint density at radius 3 is 2.31 bits per heavy atom. The highest BCUT2D eigenvalue weighted by Gasteiger charge is 2.21. The highest BCUT2D eigenvalue weighted by molar-refractivity contribution is 7.89. The lowest BCUT2D eigenvalue weighted by Gasteiger charge is -2.20. The molecule has 2 N–H and O–H groups in total. The normalized spacial score (nSPS) is 12.5. The Hall–Kier alpha value is -1.07. The van der Waals surface area contributed by atoms with Gasteiger partial charge in [-0.25, -0.2) is 13.1 Å². The maximum atomic E-state index is 12.0. The third-order valence-corrected chi connectivity index (χ3v) is 3.63. The highest BCUT2D eigenvalue weighted by Crippen LogP contribution is 2.16. The van der Waals surface area contributed by atoms with Crippen molar-refractivity contribution in [2.45, 2.75) is 31.2 Å². The van der Waals surface area contributed by atoms with Crippen molar-refractivity contribution < 1.29 is 8.42 Å². The second-order valence-corrected chi connectivity index (χ2v) is 6.32. The Kier molecular flexibility index (Phi) is 3.60. The van der Waals surface area contributed by atoms with Crippen LogP contribution in [0.1, 0.15) is 20.8 Å². The minimum absolute atomic E-state index is 0.272. The molecule has 0 heterocycles. The molecule has 1 aromatic rings. The summed E-state index contributed by atoms with van der Waals surface area (Å²) in [5.41, 5.74) is 0.297. The average molecular weight is 242 g/mol. The van der Waals surface area contributed by atoms with Crippen LogP contribution in [0.4, 0.5) is 5.69 Å². The Labute approximate surface area is 97.1 Å². The van der Waals surface area contributed by atoms with Gasteiger partial charge in [-0.2, -0.15) is 0 Å². The summed E-state index contributed by atoms with van der Waals surface area (Å²) in [5, 5.41) is 2.91.